The molecule has 3 nitrogen and oxygen atoms in total. The first-order valence-corrected chi connectivity index (χ1v) is 10.1. The van der Waals surface area contributed by atoms with E-state index >= 15 is 0 Å². The number of nitrogens with zero attached hydrogens (tertiary/aromatic N) is 2. The maximum atomic E-state index is 13.0. The van der Waals surface area contributed by atoms with Crippen molar-refractivity contribution >= 4 is 11.5 Å². The van der Waals surface area contributed by atoms with E-state index in [1.165, 1.54) is 42.8 Å². The molecule has 1 saturated heterocycles. The average Bonchev–Trinajstić information content (AvgIpc) is 3.25. The molecule has 0 unspecified atom stereocenters. The Morgan fingerprint density at radius 2 is 1.96 bits per heavy atom. The summed E-state index contributed by atoms with van der Waals surface area (Å²) in [7, 11) is 0. The zero-order valence-corrected chi connectivity index (χ0v) is 15.5. The molecule has 0 aliphatic carbocycles. The number of Topliss-reactive ketones (excluding diaryl/α,β-unsaturated/α-hetero) is 1. The second-order valence-electron chi connectivity index (χ2n) is 8.10. The Bertz CT molecular complexity index is 863. The highest BCUT2D eigenvalue weighted by molar-refractivity contribution is 5.95. The summed E-state index contributed by atoms with van der Waals surface area (Å²) in [6.07, 6.45) is 3.81. The number of rotatable bonds is 5. The number of fused-ring (bicyclic) bond motifs is 3. The SMILES string of the molecule is O=C(CCCN1CC[C@@H]2[C@H](C1)c1cccc3c1N2CC3)c1ccc(F)cc1. The Kier molecular flexibility index (Phi) is 4.24. The number of benzene rings is 2. The van der Waals surface area contributed by atoms with E-state index in [1.54, 1.807) is 17.7 Å². The summed E-state index contributed by atoms with van der Waals surface area (Å²) in [6, 6.07) is 13.4. The van der Waals surface area contributed by atoms with Gasteiger partial charge in [0.25, 0.3) is 0 Å². The molecule has 3 aliphatic rings. The maximum absolute atomic E-state index is 13.0. The Balaban J connectivity index is 1.19. The Morgan fingerprint density at radius 1 is 1.11 bits per heavy atom. The predicted octanol–water partition coefficient (Wildman–Crippen LogP) is 4.02. The number of hydrogen-bond donors (Lipinski definition) is 0. The predicted molar refractivity (Wildman–Crippen MR) is 105 cm³/mol. The number of para-hydroxylation sites is 1. The van der Waals surface area contributed by atoms with Gasteiger partial charge in [-0.25, -0.2) is 4.39 Å². The molecule has 3 heterocycles. The molecule has 140 valence electrons. The number of carbonyl (C=O) groups is 1. The molecule has 5 rings (SSSR count). The van der Waals surface area contributed by atoms with Gasteiger partial charge in [0.15, 0.2) is 5.78 Å². The van der Waals surface area contributed by atoms with Crippen molar-refractivity contribution in [2.45, 2.75) is 37.6 Å². The first kappa shape index (κ1) is 16.9. The van der Waals surface area contributed by atoms with Crippen LogP contribution in [0.2, 0.25) is 0 Å². The monoisotopic (exact) mass is 364 g/mol. The summed E-state index contributed by atoms with van der Waals surface area (Å²) < 4.78 is 13.0. The molecule has 0 spiro atoms. The van der Waals surface area contributed by atoms with E-state index in [2.05, 4.69) is 28.0 Å². The van der Waals surface area contributed by atoms with Gasteiger partial charge in [0, 0.05) is 49.3 Å². The van der Waals surface area contributed by atoms with E-state index in [4.69, 9.17) is 0 Å². The van der Waals surface area contributed by atoms with Gasteiger partial charge in [-0.2, -0.15) is 0 Å². The molecule has 0 radical (unpaired) electrons. The zero-order valence-electron chi connectivity index (χ0n) is 15.5. The molecule has 0 saturated carbocycles. The summed E-state index contributed by atoms with van der Waals surface area (Å²) >= 11 is 0. The lowest BCUT2D eigenvalue weighted by atomic mass is 9.87. The lowest BCUT2D eigenvalue weighted by Crippen LogP contribution is -2.46. The Labute approximate surface area is 159 Å². The van der Waals surface area contributed by atoms with Crippen LogP contribution < -0.4 is 4.90 Å². The van der Waals surface area contributed by atoms with Crippen LogP contribution in [0.1, 0.15) is 46.7 Å². The lowest BCUT2D eigenvalue weighted by molar-refractivity contribution is 0.0971. The first-order valence-electron chi connectivity index (χ1n) is 10.1. The fraction of sp³-hybridized carbons (Fsp3) is 0.435. The molecular formula is C23H25FN2O. The number of anilines is 1. The van der Waals surface area contributed by atoms with Gasteiger partial charge in [-0.05, 0) is 61.2 Å². The maximum Gasteiger partial charge on any atom is 0.162 e. The summed E-state index contributed by atoms with van der Waals surface area (Å²) in [5.41, 5.74) is 5.21. The van der Waals surface area contributed by atoms with Crippen LogP contribution in [0.4, 0.5) is 10.1 Å². The second-order valence-corrected chi connectivity index (χ2v) is 8.10. The van der Waals surface area contributed by atoms with E-state index < -0.39 is 0 Å². The minimum atomic E-state index is -0.295. The highest BCUT2D eigenvalue weighted by Gasteiger charge is 2.44. The topological polar surface area (TPSA) is 23.6 Å². The fourth-order valence-corrected chi connectivity index (χ4v) is 5.28. The van der Waals surface area contributed by atoms with Crippen LogP contribution in [-0.4, -0.2) is 42.9 Å². The van der Waals surface area contributed by atoms with E-state index in [0.717, 1.165) is 26.1 Å². The number of hydrogen-bond acceptors (Lipinski definition) is 3. The molecule has 27 heavy (non-hydrogen) atoms. The number of piperidine rings is 1. The van der Waals surface area contributed by atoms with Gasteiger partial charge >= 0.3 is 0 Å². The van der Waals surface area contributed by atoms with Crippen molar-refractivity contribution in [3.63, 3.8) is 0 Å². The van der Waals surface area contributed by atoms with E-state index in [0.29, 0.717) is 23.9 Å². The standard InChI is InChI=1S/C23H25FN2O/c24-18-8-6-16(7-9-18)22(27)5-2-12-25-13-11-21-20(15-25)19-4-1-3-17-10-14-26(21)23(17)19/h1,3-4,6-9,20-21H,2,5,10-15H2/t20-,21-/m1/s1. The minimum absolute atomic E-state index is 0.112. The molecule has 1 fully saturated rings. The zero-order chi connectivity index (χ0) is 18.4. The normalized spacial score (nSPS) is 23.4. The molecule has 0 amide bonds. The molecule has 2 aromatic carbocycles. The number of ketones is 1. The van der Waals surface area contributed by atoms with Crippen LogP contribution in [0.25, 0.3) is 0 Å². The summed E-state index contributed by atoms with van der Waals surface area (Å²) in [5.74, 6) is 0.430. The van der Waals surface area contributed by atoms with Gasteiger partial charge < -0.3 is 9.80 Å². The molecular weight excluding hydrogens is 339 g/mol. The highest BCUT2D eigenvalue weighted by atomic mass is 19.1. The average molecular weight is 364 g/mol. The van der Waals surface area contributed by atoms with Crippen molar-refractivity contribution in [2.24, 2.45) is 0 Å². The largest absolute Gasteiger partial charge is 0.367 e. The van der Waals surface area contributed by atoms with Crippen LogP contribution in [-0.2, 0) is 6.42 Å². The molecule has 0 aromatic heterocycles. The highest BCUT2D eigenvalue weighted by Crippen LogP contribution is 2.49. The quantitative estimate of drug-likeness (QED) is 0.749. The van der Waals surface area contributed by atoms with Gasteiger partial charge in [0.1, 0.15) is 5.82 Å². The van der Waals surface area contributed by atoms with E-state index in [-0.39, 0.29) is 11.6 Å². The van der Waals surface area contributed by atoms with Crippen LogP contribution in [0.3, 0.4) is 0 Å². The van der Waals surface area contributed by atoms with Crippen LogP contribution in [0.5, 0.6) is 0 Å². The van der Waals surface area contributed by atoms with Crippen LogP contribution in [0.15, 0.2) is 42.5 Å². The molecule has 4 heteroatoms. The summed E-state index contributed by atoms with van der Waals surface area (Å²) in [6.45, 7) is 4.36. The molecule has 0 bridgehead atoms. The molecule has 2 atom stereocenters. The minimum Gasteiger partial charge on any atom is -0.367 e. The Hall–Kier alpha value is -2.20. The van der Waals surface area contributed by atoms with Gasteiger partial charge in [0.05, 0.1) is 0 Å². The van der Waals surface area contributed by atoms with Crippen LogP contribution >= 0.6 is 0 Å². The van der Waals surface area contributed by atoms with Crippen molar-refractivity contribution in [3.8, 4) is 0 Å². The summed E-state index contributed by atoms with van der Waals surface area (Å²) in [4.78, 5) is 17.5. The fourth-order valence-electron chi connectivity index (χ4n) is 5.28. The third-order valence-corrected chi connectivity index (χ3v) is 6.56. The smallest absolute Gasteiger partial charge is 0.162 e. The van der Waals surface area contributed by atoms with E-state index in [9.17, 15) is 9.18 Å². The van der Waals surface area contributed by atoms with Gasteiger partial charge in [-0.15, -0.1) is 0 Å². The molecule has 2 aromatic rings. The van der Waals surface area contributed by atoms with Crippen molar-refractivity contribution in [1.82, 2.24) is 4.90 Å². The Morgan fingerprint density at radius 3 is 2.81 bits per heavy atom. The molecule has 0 N–H and O–H groups in total. The van der Waals surface area contributed by atoms with E-state index in [1.807, 2.05) is 0 Å². The van der Waals surface area contributed by atoms with Gasteiger partial charge in [0.2, 0.25) is 0 Å². The van der Waals surface area contributed by atoms with Gasteiger partial charge in [-0.3, -0.25) is 4.79 Å². The first-order chi connectivity index (χ1) is 13.2. The number of likely N-dealkylation sites (tertiary alicyclic amines) is 1. The summed E-state index contributed by atoms with van der Waals surface area (Å²) in [5, 5.41) is 0. The third kappa shape index (κ3) is 2.96. The van der Waals surface area contributed by atoms with Crippen molar-refractivity contribution in [1.29, 1.82) is 0 Å². The lowest BCUT2D eigenvalue weighted by Gasteiger charge is -2.38. The number of halogens is 1. The van der Waals surface area contributed by atoms with Crippen molar-refractivity contribution < 1.29 is 9.18 Å². The third-order valence-electron chi connectivity index (χ3n) is 6.56. The van der Waals surface area contributed by atoms with Crippen molar-refractivity contribution in [2.75, 3.05) is 31.1 Å². The molecule has 3 aliphatic heterocycles. The number of carbonyl (C=O) groups excluding carboxylic acids is 1. The second kappa shape index (κ2) is 6.75. The van der Waals surface area contributed by atoms with Gasteiger partial charge in [-0.1, -0.05) is 18.2 Å². The van der Waals surface area contributed by atoms with Crippen molar-refractivity contribution in [3.05, 3.63) is 65.0 Å². The van der Waals surface area contributed by atoms with Crippen LogP contribution in [0, 0.1) is 5.82 Å².